The van der Waals surface area contributed by atoms with Gasteiger partial charge in [0.05, 0.1) is 0 Å². The van der Waals surface area contributed by atoms with E-state index >= 15 is 0 Å². The van der Waals surface area contributed by atoms with Crippen LogP contribution in [0.3, 0.4) is 0 Å². The van der Waals surface area contributed by atoms with Crippen molar-refractivity contribution in [3.05, 3.63) is 30.1 Å². The zero-order valence-electron chi connectivity index (χ0n) is 10.5. The summed E-state index contributed by atoms with van der Waals surface area (Å²) >= 11 is 0. The molecule has 0 bridgehead atoms. The number of nitrogens with zero attached hydrogens (tertiary/aromatic N) is 2. The summed E-state index contributed by atoms with van der Waals surface area (Å²) in [7, 11) is 1.35. The molecule has 0 atom stereocenters. The summed E-state index contributed by atoms with van der Waals surface area (Å²) in [5.41, 5.74) is 0.418. The van der Waals surface area contributed by atoms with Gasteiger partial charge in [-0.1, -0.05) is 5.16 Å². The van der Waals surface area contributed by atoms with Gasteiger partial charge in [-0.15, -0.1) is 0 Å². The molecule has 0 aliphatic rings. The van der Waals surface area contributed by atoms with Gasteiger partial charge in [0.15, 0.2) is 5.56 Å². The Bertz CT molecular complexity index is 623. The third-order valence-corrected chi connectivity index (χ3v) is 2.39. The number of methoxy groups -OCH3 is 1. The molecule has 2 N–H and O–H groups in total. The first-order valence-corrected chi connectivity index (χ1v) is 5.55. The van der Waals surface area contributed by atoms with E-state index in [1.165, 1.54) is 19.5 Å². The predicted octanol–water partition coefficient (Wildman–Crippen LogP) is 1.02. The summed E-state index contributed by atoms with van der Waals surface area (Å²) in [5.74, 6) is -2.02. The summed E-state index contributed by atoms with van der Waals surface area (Å²) < 4.78 is 9.53. The SMILES string of the molecule is COCC(=O)Nc1onc(-c2ccncc2)c1C(=O)O. The second kappa shape index (κ2) is 5.93. The number of rotatable bonds is 5. The number of carbonyl (C=O) groups excluding carboxylic acids is 1. The standard InChI is InChI=1S/C12H11N3O5/c1-19-6-8(16)14-11-9(12(17)18)10(15-20-11)7-2-4-13-5-3-7/h2-5H,6H2,1H3,(H,14,16)(H,17,18). The molecule has 1 amide bonds. The van der Waals surface area contributed by atoms with Crippen LogP contribution in [-0.2, 0) is 9.53 Å². The second-order valence-corrected chi connectivity index (χ2v) is 3.76. The monoisotopic (exact) mass is 277 g/mol. The molecule has 20 heavy (non-hydrogen) atoms. The minimum atomic E-state index is -1.26. The van der Waals surface area contributed by atoms with Crippen LogP contribution in [0, 0.1) is 0 Å². The van der Waals surface area contributed by atoms with Gasteiger partial charge in [0.25, 0.3) is 5.91 Å². The zero-order chi connectivity index (χ0) is 14.5. The Hall–Kier alpha value is -2.74. The zero-order valence-corrected chi connectivity index (χ0v) is 10.5. The Morgan fingerprint density at radius 1 is 1.40 bits per heavy atom. The normalized spacial score (nSPS) is 10.2. The number of carboxylic acid groups (broad SMARTS) is 1. The molecule has 0 saturated heterocycles. The lowest BCUT2D eigenvalue weighted by molar-refractivity contribution is -0.119. The van der Waals surface area contributed by atoms with Crippen LogP contribution in [0.4, 0.5) is 5.88 Å². The van der Waals surface area contributed by atoms with E-state index in [1.807, 2.05) is 0 Å². The molecule has 104 valence electrons. The topological polar surface area (TPSA) is 115 Å². The van der Waals surface area contributed by atoms with Crippen molar-refractivity contribution in [2.24, 2.45) is 0 Å². The predicted molar refractivity (Wildman–Crippen MR) is 67.2 cm³/mol. The number of hydrogen-bond acceptors (Lipinski definition) is 6. The van der Waals surface area contributed by atoms with Gasteiger partial charge in [0.2, 0.25) is 5.88 Å². The van der Waals surface area contributed by atoms with Crippen LogP contribution < -0.4 is 5.32 Å². The van der Waals surface area contributed by atoms with E-state index in [4.69, 9.17) is 4.52 Å². The molecule has 0 fully saturated rings. The first kappa shape index (κ1) is 13.7. The van der Waals surface area contributed by atoms with E-state index < -0.39 is 11.9 Å². The average molecular weight is 277 g/mol. The van der Waals surface area contributed by atoms with Crippen LogP contribution in [-0.4, -0.2) is 40.8 Å². The van der Waals surface area contributed by atoms with E-state index in [2.05, 4.69) is 20.2 Å². The number of aromatic nitrogens is 2. The lowest BCUT2D eigenvalue weighted by Crippen LogP contribution is -2.18. The molecule has 0 radical (unpaired) electrons. The van der Waals surface area contributed by atoms with Crippen molar-refractivity contribution in [3.63, 3.8) is 0 Å². The summed E-state index contributed by atoms with van der Waals surface area (Å²) in [5, 5.41) is 15.2. The minimum absolute atomic E-state index is 0.118. The van der Waals surface area contributed by atoms with E-state index in [0.717, 1.165) is 0 Å². The highest BCUT2D eigenvalue weighted by atomic mass is 16.5. The average Bonchev–Trinajstić information content (AvgIpc) is 2.83. The Labute approximate surface area is 113 Å². The molecule has 2 rings (SSSR count). The number of ether oxygens (including phenoxy) is 1. The molecule has 8 nitrogen and oxygen atoms in total. The third-order valence-electron chi connectivity index (χ3n) is 2.39. The van der Waals surface area contributed by atoms with Gasteiger partial charge < -0.3 is 14.4 Å². The molecule has 0 saturated carbocycles. The van der Waals surface area contributed by atoms with Crippen molar-refractivity contribution < 1.29 is 24.0 Å². The molecule has 2 aromatic rings. The molecule has 0 spiro atoms. The van der Waals surface area contributed by atoms with Crippen molar-refractivity contribution in [1.29, 1.82) is 0 Å². The van der Waals surface area contributed by atoms with Crippen LogP contribution in [0.25, 0.3) is 11.3 Å². The summed E-state index contributed by atoms with van der Waals surface area (Å²) in [6, 6.07) is 3.18. The fraction of sp³-hybridized carbons (Fsp3) is 0.167. The van der Waals surface area contributed by atoms with Gasteiger partial charge >= 0.3 is 5.97 Å². The maximum absolute atomic E-state index is 11.4. The summed E-state index contributed by atoms with van der Waals surface area (Å²) in [4.78, 5) is 26.6. The van der Waals surface area contributed by atoms with Crippen LogP contribution in [0.2, 0.25) is 0 Å². The molecule has 0 aliphatic heterocycles. The number of carboxylic acids is 1. The summed E-state index contributed by atoms with van der Waals surface area (Å²) in [6.07, 6.45) is 3.00. The van der Waals surface area contributed by atoms with Gasteiger partial charge in [0.1, 0.15) is 12.3 Å². The summed E-state index contributed by atoms with van der Waals surface area (Å²) in [6.45, 7) is -0.218. The second-order valence-electron chi connectivity index (χ2n) is 3.76. The van der Waals surface area contributed by atoms with E-state index in [1.54, 1.807) is 12.1 Å². The molecule has 2 heterocycles. The van der Waals surface area contributed by atoms with Crippen molar-refractivity contribution in [3.8, 4) is 11.3 Å². The lowest BCUT2D eigenvalue weighted by atomic mass is 10.1. The Morgan fingerprint density at radius 3 is 2.70 bits per heavy atom. The number of hydrogen-bond donors (Lipinski definition) is 2. The first-order valence-electron chi connectivity index (χ1n) is 5.55. The minimum Gasteiger partial charge on any atom is -0.477 e. The smallest absolute Gasteiger partial charge is 0.343 e. The van der Waals surface area contributed by atoms with E-state index in [-0.39, 0.29) is 23.7 Å². The fourth-order valence-electron chi connectivity index (χ4n) is 1.57. The number of nitrogens with one attached hydrogen (secondary N) is 1. The van der Waals surface area contributed by atoms with Crippen LogP contribution in [0.5, 0.6) is 0 Å². The molecular weight excluding hydrogens is 266 g/mol. The van der Waals surface area contributed by atoms with Crippen LogP contribution in [0.1, 0.15) is 10.4 Å². The molecule has 0 aromatic carbocycles. The lowest BCUT2D eigenvalue weighted by Gasteiger charge is -2.01. The highest BCUT2D eigenvalue weighted by Crippen LogP contribution is 2.28. The van der Waals surface area contributed by atoms with Crippen LogP contribution in [0.15, 0.2) is 29.0 Å². The third kappa shape index (κ3) is 2.81. The fourth-order valence-corrected chi connectivity index (χ4v) is 1.57. The van der Waals surface area contributed by atoms with Gasteiger partial charge in [-0.25, -0.2) is 4.79 Å². The van der Waals surface area contributed by atoms with Gasteiger partial charge in [0, 0.05) is 25.1 Å². The van der Waals surface area contributed by atoms with Gasteiger partial charge in [-0.05, 0) is 12.1 Å². The van der Waals surface area contributed by atoms with Crippen molar-refractivity contribution in [2.45, 2.75) is 0 Å². The molecule has 2 aromatic heterocycles. The highest BCUT2D eigenvalue weighted by Gasteiger charge is 2.24. The number of pyridine rings is 1. The largest absolute Gasteiger partial charge is 0.477 e. The van der Waals surface area contributed by atoms with E-state index in [0.29, 0.717) is 5.56 Å². The Balaban J connectivity index is 2.38. The number of anilines is 1. The Morgan fingerprint density at radius 2 is 2.10 bits per heavy atom. The number of amides is 1. The molecule has 0 aliphatic carbocycles. The maximum atomic E-state index is 11.4. The van der Waals surface area contributed by atoms with Crippen molar-refractivity contribution >= 4 is 17.8 Å². The van der Waals surface area contributed by atoms with E-state index in [9.17, 15) is 14.7 Å². The maximum Gasteiger partial charge on any atom is 0.343 e. The molecule has 8 heteroatoms. The van der Waals surface area contributed by atoms with Crippen molar-refractivity contribution in [1.82, 2.24) is 10.1 Å². The quantitative estimate of drug-likeness (QED) is 0.838. The van der Waals surface area contributed by atoms with Gasteiger partial charge in [-0.2, -0.15) is 0 Å². The first-order chi connectivity index (χ1) is 9.63. The molecular formula is C12H11N3O5. The number of aromatic carboxylic acids is 1. The van der Waals surface area contributed by atoms with Crippen LogP contribution >= 0.6 is 0 Å². The molecule has 0 unspecified atom stereocenters. The van der Waals surface area contributed by atoms with Crippen molar-refractivity contribution in [2.75, 3.05) is 19.0 Å². The highest BCUT2D eigenvalue weighted by molar-refractivity contribution is 6.03. The number of carbonyl (C=O) groups is 2. The van der Waals surface area contributed by atoms with Gasteiger partial charge in [-0.3, -0.25) is 15.1 Å². The Kier molecular flexibility index (Phi) is 4.06.